The Morgan fingerprint density at radius 3 is 1.96 bits per heavy atom. The van der Waals surface area contributed by atoms with Gasteiger partial charge < -0.3 is 4.74 Å². The highest BCUT2D eigenvalue weighted by molar-refractivity contribution is 7.84. The summed E-state index contributed by atoms with van der Waals surface area (Å²) in [6, 6.07) is 27.9. The largest absolute Gasteiger partial charge is 0.497 e. The molecule has 0 radical (unpaired) electrons. The smallest absolute Gasteiger partial charge is 0.119 e. The van der Waals surface area contributed by atoms with Crippen LogP contribution in [0.2, 0.25) is 0 Å². The molecule has 3 heteroatoms. The Kier molecular flexibility index (Phi) is 5.44. The van der Waals surface area contributed by atoms with Gasteiger partial charge in [-0.2, -0.15) is 0 Å². The first-order valence-electron chi connectivity index (χ1n) is 7.88. The van der Waals surface area contributed by atoms with Gasteiger partial charge in [0.2, 0.25) is 0 Å². The summed E-state index contributed by atoms with van der Waals surface area (Å²) in [6.07, 6.45) is 0. The SMILES string of the molecule is COc1cccc(CS(=O)C(c2ccccc2)c2ccccc2)c1. The van der Waals surface area contributed by atoms with Gasteiger partial charge in [0.15, 0.2) is 0 Å². The minimum Gasteiger partial charge on any atom is -0.497 e. The van der Waals surface area contributed by atoms with Crippen molar-refractivity contribution in [3.63, 3.8) is 0 Å². The number of methoxy groups -OCH3 is 1. The Balaban J connectivity index is 1.92. The summed E-state index contributed by atoms with van der Waals surface area (Å²) in [7, 11) is 0.569. The predicted octanol–water partition coefficient (Wildman–Crippen LogP) is 4.73. The van der Waals surface area contributed by atoms with Gasteiger partial charge in [-0.25, -0.2) is 0 Å². The van der Waals surface area contributed by atoms with Gasteiger partial charge >= 0.3 is 0 Å². The van der Waals surface area contributed by atoms with Gasteiger partial charge in [-0.05, 0) is 28.8 Å². The number of ether oxygens (including phenoxy) is 1. The molecule has 0 saturated carbocycles. The molecule has 0 aliphatic rings. The second-order valence-electron chi connectivity index (χ2n) is 5.58. The van der Waals surface area contributed by atoms with Gasteiger partial charge in [0.1, 0.15) is 5.75 Å². The van der Waals surface area contributed by atoms with E-state index in [0.29, 0.717) is 5.75 Å². The molecule has 0 saturated heterocycles. The lowest BCUT2D eigenvalue weighted by Crippen LogP contribution is -2.10. The van der Waals surface area contributed by atoms with Crippen molar-refractivity contribution in [2.24, 2.45) is 0 Å². The lowest BCUT2D eigenvalue weighted by Gasteiger charge is -2.18. The van der Waals surface area contributed by atoms with E-state index in [1.807, 2.05) is 84.9 Å². The predicted molar refractivity (Wildman–Crippen MR) is 99.6 cm³/mol. The molecule has 2 nitrogen and oxygen atoms in total. The zero-order valence-corrected chi connectivity index (χ0v) is 14.4. The van der Waals surface area contributed by atoms with Crippen LogP contribution in [0.1, 0.15) is 21.9 Å². The number of benzene rings is 3. The Morgan fingerprint density at radius 1 is 0.833 bits per heavy atom. The first-order chi connectivity index (χ1) is 11.8. The summed E-state index contributed by atoms with van der Waals surface area (Å²) in [5, 5.41) is -0.140. The maximum absolute atomic E-state index is 13.2. The molecule has 3 aromatic carbocycles. The van der Waals surface area contributed by atoms with Crippen LogP contribution in [0, 0.1) is 0 Å². The normalized spacial score (nSPS) is 12.1. The average molecular weight is 336 g/mol. The molecular weight excluding hydrogens is 316 g/mol. The summed E-state index contributed by atoms with van der Waals surface area (Å²) in [6.45, 7) is 0. The number of hydrogen-bond donors (Lipinski definition) is 0. The Labute approximate surface area is 145 Å². The van der Waals surface area contributed by atoms with Crippen molar-refractivity contribution in [3.8, 4) is 5.75 Å². The van der Waals surface area contributed by atoms with Crippen molar-refractivity contribution in [2.45, 2.75) is 11.0 Å². The van der Waals surface area contributed by atoms with Gasteiger partial charge in [0.05, 0.1) is 12.4 Å². The summed E-state index contributed by atoms with van der Waals surface area (Å²) in [4.78, 5) is 0. The van der Waals surface area contributed by atoms with Crippen LogP contribution in [0.15, 0.2) is 84.9 Å². The van der Waals surface area contributed by atoms with Crippen molar-refractivity contribution in [2.75, 3.05) is 7.11 Å². The van der Waals surface area contributed by atoms with E-state index < -0.39 is 10.8 Å². The van der Waals surface area contributed by atoms with Crippen LogP contribution in [-0.4, -0.2) is 11.3 Å². The molecular formula is C21H20O2S. The van der Waals surface area contributed by atoms with Gasteiger partial charge in [-0.15, -0.1) is 0 Å². The van der Waals surface area contributed by atoms with Crippen molar-refractivity contribution in [3.05, 3.63) is 102 Å². The third-order valence-electron chi connectivity index (χ3n) is 3.91. The van der Waals surface area contributed by atoms with Crippen molar-refractivity contribution in [1.29, 1.82) is 0 Å². The van der Waals surface area contributed by atoms with E-state index in [0.717, 1.165) is 22.4 Å². The molecule has 1 atom stereocenters. The molecule has 0 fully saturated rings. The topological polar surface area (TPSA) is 26.3 Å². The van der Waals surface area contributed by atoms with Gasteiger partial charge in [0.25, 0.3) is 0 Å². The first kappa shape index (κ1) is 16.5. The van der Waals surface area contributed by atoms with Gasteiger partial charge in [0, 0.05) is 16.6 Å². The lowest BCUT2D eigenvalue weighted by molar-refractivity contribution is 0.414. The van der Waals surface area contributed by atoms with E-state index >= 15 is 0 Å². The fourth-order valence-corrected chi connectivity index (χ4v) is 4.36. The van der Waals surface area contributed by atoms with E-state index in [1.54, 1.807) is 7.11 Å². The van der Waals surface area contributed by atoms with Crippen molar-refractivity contribution in [1.82, 2.24) is 0 Å². The molecule has 3 rings (SSSR count). The number of rotatable bonds is 6. The molecule has 0 spiro atoms. The third-order valence-corrected chi connectivity index (χ3v) is 5.60. The minimum atomic E-state index is -1.08. The quantitative estimate of drug-likeness (QED) is 0.650. The Bertz CT molecular complexity index is 761. The van der Waals surface area contributed by atoms with E-state index in [2.05, 4.69) is 0 Å². The molecule has 0 amide bonds. The van der Waals surface area contributed by atoms with Crippen LogP contribution >= 0.6 is 0 Å². The third kappa shape index (κ3) is 3.92. The van der Waals surface area contributed by atoms with Crippen LogP contribution in [-0.2, 0) is 16.6 Å². The highest BCUT2D eigenvalue weighted by Crippen LogP contribution is 2.30. The summed E-state index contributed by atoms with van der Waals surface area (Å²) in [5.41, 5.74) is 3.17. The van der Waals surface area contributed by atoms with E-state index in [-0.39, 0.29) is 5.25 Å². The zero-order chi connectivity index (χ0) is 16.8. The fourth-order valence-electron chi connectivity index (χ4n) is 2.76. The van der Waals surface area contributed by atoms with Gasteiger partial charge in [-0.1, -0.05) is 72.8 Å². The molecule has 0 aliphatic heterocycles. The van der Waals surface area contributed by atoms with Crippen LogP contribution < -0.4 is 4.74 Å². The Morgan fingerprint density at radius 2 is 1.42 bits per heavy atom. The fraction of sp³-hybridized carbons (Fsp3) is 0.143. The van der Waals surface area contributed by atoms with Crippen LogP contribution in [0.25, 0.3) is 0 Å². The summed E-state index contributed by atoms with van der Waals surface area (Å²) in [5.74, 6) is 1.28. The molecule has 1 unspecified atom stereocenters. The maximum atomic E-state index is 13.2. The molecule has 3 aromatic rings. The van der Waals surface area contributed by atoms with Crippen LogP contribution in [0.5, 0.6) is 5.75 Å². The molecule has 122 valence electrons. The molecule has 0 heterocycles. The zero-order valence-electron chi connectivity index (χ0n) is 13.6. The van der Waals surface area contributed by atoms with E-state index in [1.165, 1.54) is 0 Å². The Hall–Kier alpha value is -2.39. The van der Waals surface area contributed by atoms with Crippen molar-refractivity contribution < 1.29 is 8.95 Å². The highest BCUT2D eigenvalue weighted by atomic mass is 32.2. The standard InChI is InChI=1S/C21H20O2S/c1-23-20-14-8-9-17(15-20)16-24(22)21(18-10-4-2-5-11-18)19-12-6-3-7-13-19/h2-15,21H,16H2,1H3. The molecule has 0 bridgehead atoms. The second kappa shape index (κ2) is 7.93. The van der Waals surface area contributed by atoms with Crippen LogP contribution in [0.3, 0.4) is 0 Å². The highest BCUT2D eigenvalue weighted by Gasteiger charge is 2.21. The molecule has 0 aromatic heterocycles. The van der Waals surface area contributed by atoms with Crippen molar-refractivity contribution >= 4 is 10.8 Å². The van der Waals surface area contributed by atoms with Gasteiger partial charge in [-0.3, -0.25) is 4.21 Å². The number of hydrogen-bond acceptors (Lipinski definition) is 2. The average Bonchev–Trinajstić information content (AvgIpc) is 2.64. The van der Waals surface area contributed by atoms with Crippen LogP contribution in [0.4, 0.5) is 0 Å². The second-order valence-corrected chi connectivity index (χ2v) is 7.10. The molecule has 0 aliphatic carbocycles. The minimum absolute atomic E-state index is 0.140. The first-order valence-corrected chi connectivity index (χ1v) is 9.26. The lowest BCUT2D eigenvalue weighted by atomic mass is 10.0. The summed E-state index contributed by atoms with van der Waals surface area (Å²) < 4.78 is 18.5. The summed E-state index contributed by atoms with van der Waals surface area (Å²) >= 11 is 0. The van der Waals surface area contributed by atoms with E-state index in [4.69, 9.17) is 4.74 Å². The molecule has 24 heavy (non-hydrogen) atoms. The maximum Gasteiger partial charge on any atom is 0.119 e. The monoisotopic (exact) mass is 336 g/mol. The molecule has 0 N–H and O–H groups in total. The van der Waals surface area contributed by atoms with E-state index in [9.17, 15) is 4.21 Å².